The summed E-state index contributed by atoms with van der Waals surface area (Å²) in [5.74, 6) is 0. The van der Waals surface area contributed by atoms with Crippen molar-refractivity contribution in [2.45, 2.75) is 13.3 Å². The van der Waals surface area contributed by atoms with Crippen molar-refractivity contribution in [1.82, 2.24) is 4.98 Å². The summed E-state index contributed by atoms with van der Waals surface area (Å²) >= 11 is 0. The third-order valence-corrected chi connectivity index (χ3v) is 2.38. The van der Waals surface area contributed by atoms with Gasteiger partial charge in [0.1, 0.15) is 11.6 Å². The summed E-state index contributed by atoms with van der Waals surface area (Å²) in [4.78, 5) is 14.4. The third kappa shape index (κ3) is 3.05. The van der Waals surface area contributed by atoms with Gasteiger partial charge in [-0.15, -0.1) is 0 Å². The average Bonchev–Trinajstić information content (AvgIpc) is 2.35. The molecule has 0 spiro atoms. The maximum Gasteiger partial charge on any atom is 0.199 e. The molecule has 0 aliphatic heterocycles. The highest BCUT2D eigenvalue weighted by Gasteiger charge is 2.03. The van der Waals surface area contributed by atoms with Crippen LogP contribution in [0.3, 0.4) is 0 Å². The number of nitrogens with zero attached hydrogens (tertiary/aromatic N) is 1. The van der Waals surface area contributed by atoms with Crippen molar-refractivity contribution in [3.05, 3.63) is 64.6 Å². The van der Waals surface area contributed by atoms with Gasteiger partial charge in [0.05, 0.1) is 0 Å². The molecule has 0 saturated carbocycles. The quantitative estimate of drug-likeness (QED) is 0.802. The fourth-order valence-corrected chi connectivity index (χ4v) is 1.29. The Bertz CT molecular complexity index is 571. The highest BCUT2D eigenvalue weighted by Crippen LogP contribution is 2.15. The van der Waals surface area contributed by atoms with Gasteiger partial charge in [0.25, 0.3) is 0 Å². The largest absolute Gasteiger partial charge is 0.360 e. The molecule has 0 aliphatic carbocycles. The summed E-state index contributed by atoms with van der Waals surface area (Å²) in [5, 5.41) is 8.67. The first-order valence-electron chi connectivity index (χ1n) is 5.27. The van der Waals surface area contributed by atoms with Crippen LogP contribution in [-0.2, 0) is 0 Å². The zero-order chi connectivity index (χ0) is 12.8. The third-order valence-electron chi connectivity index (χ3n) is 2.38. The molecular formula is C14H14N2O. The van der Waals surface area contributed by atoms with Gasteiger partial charge in [0.15, 0.2) is 5.43 Å². The summed E-state index contributed by atoms with van der Waals surface area (Å²) in [6, 6.07) is 3.22. The number of nitrogens with one attached hydrogen (secondary N) is 1. The minimum Gasteiger partial charge on any atom is -0.360 e. The van der Waals surface area contributed by atoms with Crippen molar-refractivity contribution < 1.29 is 0 Å². The predicted octanol–water partition coefficient (Wildman–Crippen LogP) is 2.78. The Kier molecular flexibility index (Phi) is 4.24. The van der Waals surface area contributed by atoms with E-state index in [9.17, 15) is 4.79 Å². The van der Waals surface area contributed by atoms with Crippen LogP contribution in [0, 0.1) is 11.3 Å². The van der Waals surface area contributed by atoms with Gasteiger partial charge in [-0.2, -0.15) is 5.26 Å². The van der Waals surface area contributed by atoms with Crippen LogP contribution in [0.1, 0.15) is 24.6 Å². The maximum absolute atomic E-state index is 11.5. The molecule has 0 unspecified atom stereocenters. The second-order valence-corrected chi connectivity index (χ2v) is 3.55. The summed E-state index contributed by atoms with van der Waals surface area (Å²) in [6.45, 7) is 9.58. The molecule has 1 rings (SSSR count). The molecule has 0 saturated heterocycles. The van der Waals surface area contributed by atoms with Crippen LogP contribution < -0.4 is 5.43 Å². The standard InChI is InChI=1S/C14H14N2O/c1-4-10(3)6-11(5-2)13-7-14(17)12(8-15)9-16-13/h5-7,9H,2-4H2,1H3,(H,16,17)/b11-6+. The number of H-pyrrole nitrogens is 1. The second-order valence-electron chi connectivity index (χ2n) is 3.55. The van der Waals surface area contributed by atoms with Gasteiger partial charge < -0.3 is 4.98 Å². The molecule has 0 amide bonds. The van der Waals surface area contributed by atoms with E-state index in [1.54, 1.807) is 6.08 Å². The maximum atomic E-state index is 11.5. The summed E-state index contributed by atoms with van der Waals surface area (Å²) < 4.78 is 0. The van der Waals surface area contributed by atoms with Crippen LogP contribution in [0.25, 0.3) is 5.57 Å². The number of rotatable bonds is 4. The Labute approximate surface area is 100 Å². The fourth-order valence-electron chi connectivity index (χ4n) is 1.29. The molecule has 1 heterocycles. The molecule has 0 atom stereocenters. The van der Waals surface area contributed by atoms with Crippen LogP contribution in [0.4, 0.5) is 0 Å². The molecule has 3 heteroatoms. The Morgan fingerprint density at radius 2 is 2.35 bits per heavy atom. The highest BCUT2D eigenvalue weighted by molar-refractivity contribution is 5.73. The average molecular weight is 226 g/mol. The van der Waals surface area contributed by atoms with E-state index in [1.165, 1.54) is 12.3 Å². The number of hydrogen-bond acceptors (Lipinski definition) is 2. The van der Waals surface area contributed by atoms with E-state index >= 15 is 0 Å². The lowest BCUT2D eigenvalue weighted by Crippen LogP contribution is -2.06. The highest BCUT2D eigenvalue weighted by atomic mass is 16.1. The van der Waals surface area contributed by atoms with Gasteiger partial charge in [0.2, 0.25) is 0 Å². The molecule has 0 aliphatic rings. The summed E-state index contributed by atoms with van der Waals surface area (Å²) in [6.07, 6.45) is 5.75. The molecule has 0 bridgehead atoms. The first kappa shape index (κ1) is 12.7. The Morgan fingerprint density at radius 1 is 1.65 bits per heavy atom. The molecule has 0 aromatic carbocycles. The van der Waals surface area contributed by atoms with Crippen molar-refractivity contribution >= 4 is 5.57 Å². The number of allylic oxidation sites excluding steroid dienone is 4. The van der Waals surface area contributed by atoms with Crippen LogP contribution in [0.5, 0.6) is 0 Å². The van der Waals surface area contributed by atoms with Gasteiger partial charge in [-0.1, -0.05) is 37.8 Å². The van der Waals surface area contributed by atoms with Gasteiger partial charge >= 0.3 is 0 Å². The SMILES string of the molecule is C=C/C(=C\C(=C)CC)c1cc(=O)c(C#N)c[nH]1. The van der Waals surface area contributed by atoms with Gasteiger partial charge in [-0.3, -0.25) is 4.79 Å². The van der Waals surface area contributed by atoms with E-state index < -0.39 is 0 Å². The zero-order valence-electron chi connectivity index (χ0n) is 9.79. The van der Waals surface area contributed by atoms with Crippen LogP contribution in [0.15, 0.2) is 47.9 Å². The lowest BCUT2D eigenvalue weighted by atomic mass is 10.1. The minimum absolute atomic E-state index is 0.103. The number of nitriles is 1. The van der Waals surface area contributed by atoms with Crippen LogP contribution >= 0.6 is 0 Å². The second kappa shape index (κ2) is 5.66. The minimum atomic E-state index is -0.295. The number of pyridine rings is 1. The first-order valence-corrected chi connectivity index (χ1v) is 5.27. The summed E-state index contributed by atoms with van der Waals surface area (Å²) in [7, 11) is 0. The van der Waals surface area contributed by atoms with E-state index in [4.69, 9.17) is 5.26 Å². The van der Waals surface area contributed by atoms with Crippen molar-refractivity contribution in [1.29, 1.82) is 5.26 Å². The van der Waals surface area contributed by atoms with Crippen LogP contribution in [-0.4, -0.2) is 4.98 Å². The van der Waals surface area contributed by atoms with Gasteiger partial charge in [-0.25, -0.2) is 0 Å². The van der Waals surface area contributed by atoms with Crippen molar-refractivity contribution in [3.8, 4) is 6.07 Å². The molecule has 0 radical (unpaired) electrons. The van der Waals surface area contributed by atoms with E-state index in [-0.39, 0.29) is 11.0 Å². The lowest BCUT2D eigenvalue weighted by Gasteiger charge is -2.03. The first-order chi connectivity index (χ1) is 8.12. The van der Waals surface area contributed by atoms with Gasteiger partial charge in [0, 0.05) is 18.0 Å². The van der Waals surface area contributed by atoms with Crippen molar-refractivity contribution in [2.24, 2.45) is 0 Å². The molecule has 86 valence electrons. The molecule has 1 aromatic rings. The van der Waals surface area contributed by atoms with E-state index in [0.29, 0.717) is 5.69 Å². The molecule has 1 aromatic heterocycles. The zero-order valence-corrected chi connectivity index (χ0v) is 9.79. The molecule has 0 fully saturated rings. The van der Waals surface area contributed by atoms with Crippen LogP contribution in [0.2, 0.25) is 0 Å². The molecule has 3 nitrogen and oxygen atoms in total. The van der Waals surface area contributed by atoms with E-state index in [1.807, 2.05) is 19.1 Å². The molecule has 1 N–H and O–H groups in total. The number of aromatic amines is 1. The lowest BCUT2D eigenvalue weighted by molar-refractivity contribution is 1.16. The topological polar surface area (TPSA) is 56.6 Å². The Hall–Kier alpha value is -2.34. The Morgan fingerprint density at radius 3 is 2.82 bits per heavy atom. The molecular weight excluding hydrogens is 212 g/mol. The van der Waals surface area contributed by atoms with Crippen molar-refractivity contribution in [2.75, 3.05) is 0 Å². The van der Waals surface area contributed by atoms with E-state index in [0.717, 1.165) is 17.6 Å². The summed E-state index contributed by atoms with van der Waals surface area (Å²) in [5.41, 5.74) is 2.18. The van der Waals surface area contributed by atoms with E-state index in [2.05, 4.69) is 18.1 Å². The number of hydrogen-bond donors (Lipinski definition) is 1. The fraction of sp³-hybridized carbons (Fsp3) is 0.143. The predicted molar refractivity (Wildman–Crippen MR) is 69.4 cm³/mol. The monoisotopic (exact) mass is 226 g/mol. The van der Waals surface area contributed by atoms with Crippen molar-refractivity contribution in [3.63, 3.8) is 0 Å². The van der Waals surface area contributed by atoms with Gasteiger partial charge in [-0.05, 0) is 12.0 Å². The molecule has 17 heavy (non-hydrogen) atoms. The number of aromatic nitrogens is 1. The Balaban J connectivity index is 3.24. The smallest absolute Gasteiger partial charge is 0.199 e. The normalized spacial score (nSPS) is 10.7.